The van der Waals surface area contributed by atoms with Crippen LogP contribution in [-0.4, -0.2) is 16.1 Å². The number of rotatable bonds is 3. The van der Waals surface area contributed by atoms with Crippen LogP contribution in [-0.2, 0) is 10.4 Å². The molecule has 1 heterocycles. The molecule has 0 radical (unpaired) electrons. The summed E-state index contributed by atoms with van der Waals surface area (Å²) in [6, 6.07) is 10.5. The average Bonchev–Trinajstić information content (AvgIpc) is 2.35. The van der Waals surface area contributed by atoms with Crippen molar-refractivity contribution in [1.82, 2.24) is 5.06 Å². The van der Waals surface area contributed by atoms with Crippen LogP contribution in [0.25, 0.3) is 0 Å². The molecule has 0 atom stereocenters. The van der Waals surface area contributed by atoms with Gasteiger partial charge in [0.15, 0.2) is 0 Å². The Kier molecular flexibility index (Phi) is 4.01. The maximum Gasteiger partial charge on any atom is 0.109 e. The third-order valence-corrected chi connectivity index (χ3v) is 4.47. The van der Waals surface area contributed by atoms with Crippen molar-refractivity contribution in [1.29, 1.82) is 0 Å². The van der Waals surface area contributed by atoms with E-state index in [9.17, 15) is 0 Å². The lowest BCUT2D eigenvalue weighted by Crippen LogP contribution is -2.60. The summed E-state index contributed by atoms with van der Waals surface area (Å²) in [4.78, 5) is 6.53. The maximum absolute atomic E-state index is 6.53. The molecule has 1 aromatic carbocycles. The highest BCUT2D eigenvalue weighted by Gasteiger charge is 2.45. The first-order chi connectivity index (χ1) is 9.15. The highest BCUT2D eigenvalue weighted by molar-refractivity contribution is 5.20. The second-order valence-corrected chi connectivity index (χ2v) is 7.74. The SMILES string of the molecule is CC(C)(ON1C(C)(C)CCCC1(C)C)c1ccccc1. The molecule has 0 aliphatic carbocycles. The zero-order valence-corrected chi connectivity index (χ0v) is 13.9. The number of hydroxylamine groups is 2. The van der Waals surface area contributed by atoms with Gasteiger partial charge < -0.3 is 0 Å². The summed E-state index contributed by atoms with van der Waals surface area (Å²) in [5.41, 5.74) is 1.06. The minimum Gasteiger partial charge on any atom is -0.287 e. The summed E-state index contributed by atoms with van der Waals surface area (Å²) in [5, 5.41) is 2.25. The first-order valence-corrected chi connectivity index (χ1v) is 7.70. The van der Waals surface area contributed by atoms with E-state index in [1.807, 2.05) is 6.07 Å². The van der Waals surface area contributed by atoms with Gasteiger partial charge in [0.05, 0.1) is 0 Å². The van der Waals surface area contributed by atoms with Crippen molar-refractivity contribution < 1.29 is 4.84 Å². The van der Waals surface area contributed by atoms with Crippen molar-refractivity contribution in [2.75, 3.05) is 0 Å². The minimum absolute atomic E-state index is 0.0772. The summed E-state index contributed by atoms with van der Waals surface area (Å²) in [6.45, 7) is 13.5. The Hall–Kier alpha value is -0.860. The van der Waals surface area contributed by atoms with Crippen molar-refractivity contribution in [2.24, 2.45) is 0 Å². The molecule has 0 unspecified atom stereocenters. The van der Waals surface area contributed by atoms with Gasteiger partial charge in [0.1, 0.15) is 5.60 Å². The van der Waals surface area contributed by atoms with E-state index in [2.05, 4.69) is 70.9 Å². The first-order valence-electron chi connectivity index (χ1n) is 7.70. The third kappa shape index (κ3) is 3.07. The molecular formula is C18H29NO. The summed E-state index contributed by atoms with van der Waals surface area (Å²) >= 11 is 0. The second-order valence-electron chi connectivity index (χ2n) is 7.74. The van der Waals surface area contributed by atoms with Crippen molar-refractivity contribution in [2.45, 2.75) is 77.5 Å². The number of nitrogens with zero attached hydrogens (tertiary/aromatic N) is 1. The zero-order chi connectivity index (χ0) is 15.0. The van der Waals surface area contributed by atoms with Gasteiger partial charge in [-0.05, 0) is 66.4 Å². The lowest BCUT2D eigenvalue weighted by atomic mass is 9.82. The van der Waals surface area contributed by atoms with E-state index >= 15 is 0 Å². The molecule has 20 heavy (non-hydrogen) atoms. The number of hydrogen-bond donors (Lipinski definition) is 0. The maximum atomic E-state index is 6.53. The average molecular weight is 275 g/mol. The number of piperidine rings is 1. The highest BCUT2D eigenvalue weighted by atomic mass is 16.7. The van der Waals surface area contributed by atoms with Crippen LogP contribution in [0.3, 0.4) is 0 Å². The lowest BCUT2D eigenvalue weighted by molar-refractivity contribution is -0.333. The second kappa shape index (κ2) is 5.16. The van der Waals surface area contributed by atoms with Gasteiger partial charge in [-0.2, -0.15) is 5.06 Å². The van der Waals surface area contributed by atoms with Gasteiger partial charge in [-0.25, -0.2) is 0 Å². The molecule has 0 bridgehead atoms. The molecule has 0 amide bonds. The van der Waals surface area contributed by atoms with Gasteiger partial charge in [0, 0.05) is 11.1 Å². The van der Waals surface area contributed by atoms with Crippen molar-refractivity contribution >= 4 is 0 Å². The molecule has 2 nitrogen and oxygen atoms in total. The fourth-order valence-corrected chi connectivity index (χ4v) is 3.34. The highest BCUT2D eigenvalue weighted by Crippen LogP contribution is 2.41. The molecule has 1 aliphatic heterocycles. The summed E-state index contributed by atoms with van der Waals surface area (Å²) < 4.78 is 0. The van der Waals surface area contributed by atoms with Crippen LogP contribution in [0.4, 0.5) is 0 Å². The predicted molar refractivity (Wildman–Crippen MR) is 84.4 cm³/mol. The summed E-state index contributed by atoms with van der Waals surface area (Å²) in [7, 11) is 0. The topological polar surface area (TPSA) is 12.5 Å². The van der Waals surface area contributed by atoms with Crippen LogP contribution in [0.15, 0.2) is 30.3 Å². The minimum atomic E-state index is -0.312. The van der Waals surface area contributed by atoms with Crippen LogP contribution in [0.1, 0.15) is 66.4 Å². The normalized spacial score (nSPS) is 22.7. The van der Waals surface area contributed by atoms with E-state index in [4.69, 9.17) is 4.84 Å². The Morgan fingerprint density at radius 1 is 0.950 bits per heavy atom. The Labute approximate surface area is 124 Å². The van der Waals surface area contributed by atoms with Crippen LogP contribution in [0.2, 0.25) is 0 Å². The lowest BCUT2D eigenvalue weighted by Gasteiger charge is -2.53. The van der Waals surface area contributed by atoms with Crippen LogP contribution < -0.4 is 0 Å². The van der Waals surface area contributed by atoms with Gasteiger partial charge in [0.2, 0.25) is 0 Å². The number of hydrogen-bond acceptors (Lipinski definition) is 2. The third-order valence-electron chi connectivity index (χ3n) is 4.47. The zero-order valence-electron chi connectivity index (χ0n) is 13.9. The van der Waals surface area contributed by atoms with E-state index in [1.54, 1.807) is 0 Å². The molecule has 1 saturated heterocycles. The van der Waals surface area contributed by atoms with Crippen LogP contribution in [0, 0.1) is 0 Å². The van der Waals surface area contributed by atoms with E-state index in [0.717, 1.165) is 0 Å². The molecular weight excluding hydrogens is 246 g/mol. The first kappa shape index (κ1) is 15.5. The van der Waals surface area contributed by atoms with Gasteiger partial charge in [-0.3, -0.25) is 4.84 Å². The quantitative estimate of drug-likeness (QED) is 0.778. The fraction of sp³-hybridized carbons (Fsp3) is 0.667. The van der Waals surface area contributed by atoms with Gasteiger partial charge >= 0.3 is 0 Å². The Morgan fingerprint density at radius 2 is 1.45 bits per heavy atom. The van der Waals surface area contributed by atoms with Crippen LogP contribution in [0.5, 0.6) is 0 Å². The van der Waals surface area contributed by atoms with E-state index in [-0.39, 0.29) is 16.7 Å². The molecule has 0 N–H and O–H groups in total. The molecule has 2 rings (SSSR count). The predicted octanol–water partition coefficient (Wildman–Crippen LogP) is 4.90. The molecule has 112 valence electrons. The molecule has 1 aromatic rings. The molecule has 1 fully saturated rings. The van der Waals surface area contributed by atoms with Crippen molar-refractivity contribution in [3.63, 3.8) is 0 Å². The van der Waals surface area contributed by atoms with Gasteiger partial charge in [-0.15, -0.1) is 0 Å². The molecule has 0 spiro atoms. The Morgan fingerprint density at radius 3 is 1.95 bits per heavy atom. The van der Waals surface area contributed by atoms with Crippen LogP contribution >= 0.6 is 0 Å². The largest absolute Gasteiger partial charge is 0.287 e. The molecule has 1 aliphatic rings. The molecule has 0 aromatic heterocycles. The molecule has 2 heteroatoms. The number of benzene rings is 1. The Balaban J connectivity index is 2.26. The summed E-state index contributed by atoms with van der Waals surface area (Å²) in [5.74, 6) is 0. The standard InChI is InChI=1S/C18H29NO/c1-16(2)13-10-14-17(3,4)19(16)20-18(5,6)15-11-8-7-9-12-15/h7-9,11-12H,10,13-14H2,1-6H3. The van der Waals surface area contributed by atoms with Crippen molar-refractivity contribution in [3.8, 4) is 0 Å². The Bertz CT molecular complexity index is 432. The van der Waals surface area contributed by atoms with E-state index in [0.29, 0.717) is 0 Å². The van der Waals surface area contributed by atoms with E-state index in [1.165, 1.54) is 24.8 Å². The van der Waals surface area contributed by atoms with Crippen molar-refractivity contribution in [3.05, 3.63) is 35.9 Å². The van der Waals surface area contributed by atoms with Gasteiger partial charge in [-0.1, -0.05) is 30.3 Å². The van der Waals surface area contributed by atoms with E-state index < -0.39 is 0 Å². The molecule has 0 saturated carbocycles. The fourth-order valence-electron chi connectivity index (χ4n) is 3.34. The smallest absolute Gasteiger partial charge is 0.109 e. The van der Waals surface area contributed by atoms with Gasteiger partial charge in [0.25, 0.3) is 0 Å². The monoisotopic (exact) mass is 275 g/mol. The summed E-state index contributed by atoms with van der Waals surface area (Å²) in [6.07, 6.45) is 3.63.